The van der Waals surface area contributed by atoms with Gasteiger partial charge < -0.3 is 5.32 Å². The largest absolute Gasteiger partial charge is 0.309 e. The molecule has 0 radical (unpaired) electrons. The van der Waals surface area contributed by atoms with Gasteiger partial charge in [-0.15, -0.1) is 0 Å². The van der Waals surface area contributed by atoms with Gasteiger partial charge in [-0.2, -0.15) is 0 Å². The van der Waals surface area contributed by atoms with Crippen molar-refractivity contribution in [3.8, 4) is 0 Å². The first-order valence-electron chi connectivity index (χ1n) is 5.39. The first kappa shape index (κ1) is 10.4. The van der Waals surface area contributed by atoms with Gasteiger partial charge in [-0.3, -0.25) is 0 Å². The highest BCUT2D eigenvalue weighted by Crippen LogP contribution is 2.13. The molecule has 15 heavy (non-hydrogen) atoms. The summed E-state index contributed by atoms with van der Waals surface area (Å²) >= 11 is 0. The standard InChI is InChI=1S/C13H16FN/c1-10-6-7-13(14)11(8-10)9-15-12-4-2-3-5-12/h2-3,6-8,12,15H,4-5,9H2,1H3. The van der Waals surface area contributed by atoms with Crippen molar-refractivity contribution in [2.75, 3.05) is 0 Å². The Morgan fingerprint density at radius 1 is 1.33 bits per heavy atom. The summed E-state index contributed by atoms with van der Waals surface area (Å²) in [6.45, 7) is 2.61. The molecule has 0 saturated carbocycles. The van der Waals surface area contributed by atoms with Gasteiger partial charge >= 0.3 is 0 Å². The van der Waals surface area contributed by atoms with E-state index in [0.29, 0.717) is 12.6 Å². The second-order valence-corrected chi connectivity index (χ2v) is 4.12. The molecule has 1 aromatic carbocycles. The van der Waals surface area contributed by atoms with Crippen LogP contribution >= 0.6 is 0 Å². The SMILES string of the molecule is Cc1ccc(F)c(CNC2CC=CC2)c1. The Morgan fingerprint density at radius 2 is 2.07 bits per heavy atom. The molecule has 1 nitrogen and oxygen atoms in total. The number of rotatable bonds is 3. The Morgan fingerprint density at radius 3 is 2.80 bits per heavy atom. The Labute approximate surface area is 90.0 Å². The molecule has 0 saturated heterocycles. The van der Waals surface area contributed by atoms with Crippen LogP contribution in [0.3, 0.4) is 0 Å². The van der Waals surface area contributed by atoms with Crippen molar-refractivity contribution in [3.05, 3.63) is 47.3 Å². The highest BCUT2D eigenvalue weighted by atomic mass is 19.1. The number of hydrogen-bond donors (Lipinski definition) is 1. The predicted molar refractivity (Wildman–Crippen MR) is 60.1 cm³/mol. The minimum Gasteiger partial charge on any atom is -0.309 e. The molecule has 1 aromatic rings. The number of benzene rings is 1. The van der Waals surface area contributed by atoms with Crippen LogP contribution < -0.4 is 5.32 Å². The number of halogens is 1. The van der Waals surface area contributed by atoms with Gasteiger partial charge in [-0.1, -0.05) is 29.8 Å². The molecule has 0 fully saturated rings. The smallest absolute Gasteiger partial charge is 0.127 e. The van der Waals surface area contributed by atoms with Crippen LogP contribution in [0.2, 0.25) is 0 Å². The Balaban J connectivity index is 1.95. The summed E-state index contributed by atoms with van der Waals surface area (Å²) in [7, 11) is 0. The van der Waals surface area contributed by atoms with Gasteiger partial charge in [-0.05, 0) is 25.8 Å². The lowest BCUT2D eigenvalue weighted by Gasteiger charge is -2.12. The van der Waals surface area contributed by atoms with E-state index in [9.17, 15) is 4.39 Å². The van der Waals surface area contributed by atoms with Crippen molar-refractivity contribution >= 4 is 0 Å². The second-order valence-electron chi connectivity index (χ2n) is 4.12. The molecule has 0 heterocycles. The summed E-state index contributed by atoms with van der Waals surface area (Å²) in [5.74, 6) is -0.112. The van der Waals surface area contributed by atoms with Crippen molar-refractivity contribution in [1.29, 1.82) is 0 Å². The van der Waals surface area contributed by atoms with Crippen LogP contribution in [0.4, 0.5) is 4.39 Å². The third kappa shape index (κ3) is 2.66. The van der Waals surface area contributed by atoms with E-state index >= 15 is 0 Å². The van der Waals surface area contributed by atoms with Crippen LogP contribution in [-0.4, -0.2) is 6.04 Å². The molecule has 0 amide bonds. The molecule has 0 unspecified atom stereocenters. The van der Waals surface area contributed by atoms with Crippen molar-refractivity contribution in [3.63, 3.8) is 0 Å². The molecule has 1 aliphatic carbocycles. The lowest BCUT2D eigenvalue weighted by atomic mass is 10.1. The minimum atomic E-state index is -0.112. The van der Waals surface area contributed by atoms with Crippen molar-refractivity contribution in [1.82, 2.24) is 5.32 Å². The van der Waals surface area contributed by atoms with Crippen molar-refractivity contribution < 1.29 is 4.39 Å². The lowest BCUT2D eigenvalue weighted by Crippen LogP contribution is -2.26. The number of nitrogens with one attached hydrogen (secondary N) is 1. The third-order valence-corrected chi connectivity index (χ3v) is 2.79. The monoisotopic (exact) mass is 205 g/mol. The first-order valence-corrected chi connectivity index (χ1v) is 5.39. The molecule has 1 N–H and O–H groups in total. The van der Waals surface area contributed by atoms with Gasteiger partial charge in [0.2, 0.25) is 0 Å². The molecule has 1 aliphatic rings. The molecule has 80 valence electrons. The van der Waals surface area contributed by atoms with E-state index in [0.717, 1.165) is 24.0 Å². The first-order chi connectivity index (χ1) is 7.25. The molecule has 0 aromatic heterocycles. The Hall–Kier alpha value is -1.15. The minimum absolute atomic E-state index is 0.112. The zero-order valence-corrected chi connectivity index (χ0v) is 8.96. The Kier molecular flexibility index (Phi) is 3.17. The molecule has 2 heteroatoms. The van der Waals surface area contributed by atoms with E-state index in [4.69, 9.17) is 0 Å². The fraction of sp³-hybridized carbons (Fsp3) is 0.385. The molecular weight excluding hydrogens is 189 g/mol. The van der Waals surface area contributed by atoms with Crippen LogP contribution in [0.15, 0.2) is 30.4 Å². The maximum absolute atomic E-state index is 13.4. The van der Waals surface area contributed by atoms with Crippen LogP contribution in [0.1, 0.15) is 24.0 Å². The zero-order valence-electron chi connectivity index (χ0n) is 8.96. The van der Waals surface area contributed by atoms with Crippen molar-refractivity contribution in [2.24, 2.45) is 0 Å². The van der Waals surface area contributed by atoms with Gasteiger partial charge in [0.15, 0.2) is 0 Å². The maximum atomic E-state index is 13.4. The van der Waals surface area contributed by atoms with E-state index in [1.165, 1.54) is 0 Å². The van der Waals surface area contributed by atoms with E-state index in [-0.39, 0.29) is 5.82 Å². The maximum Gasteiger partial charge on any atom is 0.127 e. The summed E-state index contributed by atoms with van der Waals surface area (Å²) in [6, 6.07) is 5.74. The molecule has 0 bridgehead atoms. The Bertz CT molecular complexity index is 363. The number of hydrogen-bond acceptors (Lipinski definition) is 1. The van der Waals surface area contributed by atoms with E-state index in [2.05, 4.69) is 17.5 Å². The topological polar surface area (TPSA) is 12.0 Å². The van der Waals surface area contributed by atoms with E-state index in [1.807, 2.05) is 13.0 Å². The summed E-state index contributed by atoms with van der Waals surface area (Å²) in [6.07, 6.45) is 6.47. The fourth-order valence-corrected chi connectivity index (χ4v) is 1.88. The van der Waals surface area contributed by atoms with Gasteiger partial charge in [0, 0.05) is 18.2 Å². The van der Waals surface area contributed by atoms with Gasteiger partial charge in [0.1, 0.15) is 5.82 Å². The quantitative estimate of drug-likeness (QED) is 0.748. The second kappa shape index (κ2) is 4.58. The molecule has 0 aliphatic heterocycles. The van der Waals surface area contributed by atoms with E-state index in [1.54, 1.807) is 12.1 Å². The summed E-state index contributed by atoms with van der Waals surface area (Å²) in [4.78, 5) is 0. The zero-order chi connectivity index (χ0) is 10.7. The van der Waals surface area contributed by atoms with Crippen LogP contribution in [0.25, 0.3) is 0 Å². The van der Waals surface area contributed by atoms with E-state index < -0.39 is 0 Å². The summed E-state index contributed by atoms with van der Waals surface area (Å²) in [5.41, 5.74) is 1.87. The van der Waals surface area contributed by atoms with Crippen molar-refractivity contribution in [2.45, 2.75) is 32.4 Å². The van der Waals surface area contributed by atoms with Gasteiger partial charge in [0.25, 0.3) is 0 Å². The van der Waals surface area contributed by atoms with Gasteiger partial charge in [-0.25, -0.2) is 4.39 Å². The number of aryl methyl sites for hydroxylation is 1. The molecule has 2 rings (SSSR count). The average molecular weight is 205 g/mol. The highest BCUT2D eigenvalue weighted by molar-refractivity contribution is 5.24. The summed E-state index contributed by atoms with van der Waals surface area (Å²) in [5, 5.41) is 3.36. The predicted octanol–water partition coefficient (Wildman–Crippen LogP) is 2.94. The third-order valence-electron chi connectivity index (χ3n) is 2.79. The lowest BCUT2D eigenvalue weighted by molar-refractivity contribution is 0.519. The molecule has 0 spiro atoms. The average Bonchev–Trinajstić information content (AvgIpc) is 2.72. The van der Waals surface area contributed by atoms with Crippen LogP contribution in [-0.2, 0) is 6.54 Å². The summed E-state index contributed by atoms with van der Waals surface area (Å²) < 4.78 is 13.4. The fourth-order valence-electron chi connectivity index (χ4n) is 1.88. The highest BCUT2D eigenvalue weighted by Gasteiger charge is 2.10. The van der Waals surface area contributed by atoms with Gasteiger partial charge in [0.05, 0.1) is 0 Å². The normalized spacial score (nSPS) is 16.1. The van der Waals surface area contributed by atoms with Crippen LogP contribution in [0.5, 0.6) is 0 Å². The molecule has 0 atom stereocenters. The molecular formula is C13H16FN. The van der Waals surface area contributed by atoms with Crippen LogP contribution in [0, 0.1) is 12.7 Å².